The Morgan fingerprint density at radius 3 is 2.63 bits per heavy atom. The molecule has 0 aliphatic heterocycles. The topological polar surface area (TPSA) is 25.8 Å². The second kappa shape index (κ2) is 8.20. The van der Waals surface area contributed by atoms with Crippen molar-refractivity contribution < 1.29 is 0 Å². The minimum absolute atomic E-state index is 0.587. The number of aryl methyl sites for hydroxylation is 1. The summed E-state index contributed by atoms with van der Waals surface area (Å²) in [6.07, 6.45) is 4.77. The van der Waals surface area contributed by atoms with Crippen LogP contribution in [0.3, 0.4) is 0 Å². The number of aromatic nitrogens is 2. The zero-order valence-corrected chi connectivity index (χ0v) is 14.9. The molecule has 0 N–H and O–H groups in total. The lowest BCUT2D eigenvalue weighted by Crippen LogP contribution is -2.15. The van der Waals surface area contributed by atoms with Crippen molar-refractivity contribution in [3.63, 3.8) is 0 Å². The maximum atomic E-state index is 5.96. The molecule has 106 valence electrons. The standard InChI is InChI=1S/C11H12Cl4N2S2/c1-3-4-5-8-6-7(2)16-10(17-8)18-19-11(14,15)9(12)13/h3-4,6,9H,5H2,1-2H3/b4-3+. The minimum atomic E-state index is -1.30. The van der Waals surface area contributed by atoms with Gasteiger partial charge in [-0.05, 0) is 41.5 Å². The molecule has 0 aromatic carbocycles. The van der Waals surface area contributed by atoms with E-state index >= 15 is 0 Å². The van der Waals surface area contributed by atoms with E-state index in [0.717, 1.165) is 28.6 Å². The molecule has 0 fully saturated rings. The van der Waals surface area contributed by atoms with Gasteiger partial charge in [-0.2, -0.15) is 0 Å². The normalized spacial score (nSPS) is 12.6. The molecule has 0 amide bonds. The average Bonchev–Trinajstić information content (AvgIpc) is 2.33. The van der Waals surface area contributed by atoms with Gasteiger partial charge in [-0.3, -0.25) is 0 Å². The largest absolute Gasteiger partial charge is 0.227 e. The molecule has 2 nitrogen and oxygen atoms in total. The highest BCUT2D eigenvalue weighted by molar-refractivity contribution is 8.77. The van der Waals surface area contributed by atoms with Crippen LogP contribution in [0.4, 0.5) is 0 Å². The van der Waals surface area contributed by atoms with Gasteiger partial charge in [0, 0.05) is 17.8 Å². The van der Waals surface area contributed by atoms with Gasteiger partial charge in [0.05, 0.1) is 0 Å². The van der Waals surface area contributed by atoms with Crippen LogP contribution >= 0.6 is 68.0 Å². The molecular formula is C11H12Cl4N2S2. The van der Waals surface area contributed by atoms with Gasteiger partial charge in [0.2, 0.25) is 3.67 Å². The molecule has 0 radical (unpaired) electrons. The zero-order chi connectivity index (χ0) is 14.5. The van der Waals surface area contributed by atoms with E-state index in [0.29, 0.717) is 5.16 Å². The maximum Gasteiger partial charge on any atom is 0.203 e. The molecule has 0 spiro atoms. The highest BCUT2D eigenvalue weighted by Gasteiger charge is 2.34. The van der Waals surface area contributed by atoms with E-state index in [2.05, 4.69) is 9.97 Å². The predicted octanol–water partition coefficient (Wildman–Crippen LogP) is 5.58. The van der Waals surface area contributed by atoms with Crippen molar-refractivity contribution in [1.29, 1.82) is 0 Å². The summed E-state index contributed by atoms with van der Waals surface area (Å²) in [5.41, 5.74) is 1.83. The van der Waals surface area contributed by atoms with Crippen LogP contribution in [0.15, 0.2) is 23.4 Å². The zero-order valence-electron chi connectivity index (χ0n) is 10.2. The third-order valence-electron chi connectivity index (χ3n) is 1.93. The third-order valence-corrected chi connectivity index (χ3v) is 7.10. The Balaban J connectivity index is 2.76. The predicted molar refractivity (Wildman–Crippen MR) is 88.7 cm³/mol. The number of allylic oxidation sites excluding steroid dienone is 2. The molecule has 1 aromatic rings. The number of hydrogen-bond acceptors (Lipinski definition) is 4. The van der Waals surface area contributed by atoms with Gasteiger partial charge in [0.1, 0.15) is 0 Å². The van der Waals surface area contributed by atoms with Gasteiger partial charge in [-0.25, -0.2) is 9.97 Å². The highest BCUT2D eigenvalue weighted by Crippen LogP contribution is 2.50. The molecular weight excluding hydrogens is 366 g/mol. The Bertz CT molecular complexity index is 452. The third kappa shape index (κ3) is 6.32. The van der Waals surface area contributed by atoms with Crippen LogP contribution in [-0.4, -0.2) is 18.5 Å². The lowest BCUT2D eigenvalue weighted by molar-refractivity contribution is 0.887. The maximum absolute atomic E-state index is 5.96. The Hall–Kier alpha value is 0.680. The Kier molecular flexibility index (Phi) is 7.65. The number of nitrogens with zero attached hydrogens (tertiary/aromatic N) is 2. The van der Waals surface area contributed by atoms with Crippen LogP contribution in [0.5, 0.6) is 0 Å². The molecule has 1 rings (SSSR count). The van der Waals surface area contributed by atoms with Crippen molar-refractivity contribution in [2.45, 2.75) is 33.9 Å². The Morgan fingerprint density at radius 2 is 2.05 bits per heavy atom. The van der Waals surface area contributed by atoms with Crippen LogP contribution in [-0.2, 0) is 6.42 Å². The SMILES string of the molecule is C/C=C/Cc1cc(C)nc(SSC(Cl)(Cl)C(Cl)Cl)n1. The van der Waals surface area contributed by atoms with Gasteiger partial charge in [0.25, 0.3) is 0 Å². The van der Waals surface area contributed by atoms with Crippen molar-refractivity contribution in [2.75, 3.05) is 0 Å². The lowest BCUT2D eigenvalue weighted by atomic mass is 10.2. The number of alkyl halides is 4. The summed E-state index contributed by atoms with van der Waals surface area (Å²) in [5, 5.41) is 0.587. The van der Waals surface area contributed by atoms with Gasteiger partial charge in [-0.15, -0.1) is 23.2 Å². The second-order valence-electron chi connectivity index (χ2n) is 3.59. The number of hydrogen-bond donors (Lipinski definition) is 0. The van der Waals surface area contributed by atoms with E-state index in [4.69, 9.17) is 46.4 Å². The summed E-state index contributed by atoms with van der Waals surface area (Å²) < 4.78 is -1.30. The molecule has 1 aromatic heterocycles. The summed E-state index contributed by atoms with van der Waals surface area (Å²) in [6, 6.07) is 1.94. The highest BCUT2D eigenvalue weighted by atomic mass is 35.5. The summed E-state index contributed by atoms with van der Waals surface area (Å²) in [4.78, 5) is 7.82. The summed E-state index contributed by atoms with van der Waals surface area (Å²) in [6.45, 7) is 3.88. The van der Waals surface area contributed by atoms with Crippen LogP contribution < -0.4 is 0 Å². The number of rotatable bonds is 6. The molecule has 0 aliphatic carbocycles. The van der Waals surface area contributed by atoms with Crippen LogP contribution in [0, 0.1) is 6.92 Å². The summed E-state index contributed by atoms with van der Waals surface area (Å²) in [5.74, 6) is 0. The lowest BCUT2D eigenvalue weighted by Gasteiger charge is -2.18. The van der Waals surface area contributed by atoms with Crippen molar-refractivity contribution in [1.82, 2.24) is 9.97 Å². The first-order chi connectivity index (χ1) is 8.85. The fourth-order valence-corrected chi connectivity index (χ4v) is 3.93. The molecule has 0 unspecified atom stereocenters. The van der Waals surface area contributed by atoms with E-state index < -0.39 is 8.50 Å². The van der Waals surface area contributed by atoms with E-state index in [1.807, 2.05) is 32.1 Å². The molecule has 1 heterocycles. The monoisotopic (exact) mass is 376 g/mol. The number of halogens is 4. The van der Waals surface area contributed by atoms with Crippen LogP contribution in [0.2, 0.25) is 0 Å². The molecule has 19 heavy (non-hydrogen) atoms. The first-order valence-electron chi connectivity index (χ1n) is 5.32. The van der Waals surface area contributed by atoms with Crippen LogP contribution in [0.25, 0.3) is 0 Å². The molecule has 0 atom stereocenters. The van der Waals surface area contributed by atoms with E-state index in [9.17, 15) is 0 Å². The van der Waals surface area contributed by atoms with Crippen molar-refractivity contribution in [3.05, 3.63) is 29.6 Å². The van der Waals surface area contributed by atoms with Gasteiger partial charge < -0.3 is 0 Å². The summed E-state index contributed by atoms with van der Waals surface area (Å²) in [7, 11) is 2.38. The van der Waals surface area contributed by atoms with Crippen molar-refractivity contribution >= 4 is 68.0 Å². The minimum Gasteiger partial charge on any atom is -0.227 e. The molecule has 0 bridgehead atoms. The molecule has 8 heteroatoms. The van der Waals surface area contributed by atoms with Gasteiger partial charge in [0.15, 0.2) is 9.99 Å². The van der Waals surface area contributed by atoms with Crippen molar-refractivity contribution in [2.24, 2.45) is 0 Å². The fourth-order valence-electron chi connectivity index (χ4n) is 1.11. The first-order valence-corrected chi connectivity index (χ1v) is 9.10. The smallest absolute Gasteiger partial charge is 0.203 e. The average molecular weight is 378 g/mol. The Labute approximate surface area is 141 Å². The van der Waals surface area contributed by atoms with Crippen LogP contribution in [0.1, 0.15) is 18.3 Å². The van der Waals surface area contributed by atoms with E-state index in [1.165, 1.54) is 10.8 Å². The second-order valence-corrected chi connectivity index (χ2v) is 8.86. The molecule has 0 aliphatic rings. The molecule has 0 saturated carbocycles. The summed E-state index contributed by atoms with van der Waals surface area (Å²) >= 11 is 23.3. The van der Waals surface area contributed by atoms with E-state index in [-0.39, 0.29) is 0 Å². The Morgan fingerprint density at radius 1 is 1.37 bits per heavy atom. The quantitative estimate of drug-likeness (QED) is 0.279. The van der Waals surface area contributed by atoms with Gasteiger partial charge >= 0.3 is 0 Å². The molecule has 0 saturated heterocycles. The first kappa shape index (κ1) is 17.7. The van der Waals surface area contributed by atoms with E-state index in [1.54, 1.807) is 0 Å². The van der Waals surface area contributed by atoms with Gasteiger partial charge in [-0.1, -0.05) is 35.4 Å². The van der Waals surface area contributed by atoms with Crippen molar-refractivity contribution in [3.8, 4) is 0 Å². The fraction of sp³-hybridized carbons (Fsp3) is 0.455.